The third-order valence-electron chi connectivity index (χ3n) is 4.06. The highest BCUT2D eigenvalue weighted by Crippen LogP contribution is 2.29. The molecule has 0 atom stereocenters. The molecule has 0 fully saturated rings. The van der Waals surface area contributed by atoms with Crippen molar-refractivity contribution in [2.45, 2.75) is 0 Å². The molecule has 0 N–H and O–H groups in total. The van der Waals surface area contributed by atoms with Crippen molar-refractivity contribution in [2.75, 3.05) is 0 Å². The molecule has 0 saturated heterocycles. The molecule has 3 nitrogen and oxygen atoms in total. The highest BCUT2D eigenvalue weighted by Gasteiger charge is 2.17. The first-order valence-electron chi connectivity index (χ1n) is 8.33. The molecule has 0 spiro atoms. The quantitative estimate of drug-likeness (QED) is 0.335. The van der Waals surface area contributed by atoms with E-state index in [4.69, 9.17) is 34.8 Å². The van der Waals surface area contributed by atoms with Crippen LogP contribution < -0.4 is 0 Å². The molecule has 29 heavy (non-hydrogen) atoms. The van der Waals surface area contributed by atoms with E-state index in [-0.39, 0.29) is 38.6 Å². The van der Waals surface area contributed by atoms with E-state index in [1.54, 1.807) is 24.3 Å². The van der Waals surface area contributed by atoms with Gasteiger partial charge in [0.1, 0.15) is 11.6 Å². The zero-order chi connectivity index (χ0) is 20.5. The van der Waals surface area contributed by atoms with Gasteiger partial charge in [0, 0.05) is 20.6 Å². The van der Waals surface area contributed by atoms with Gasteiger partial charge in [0.05, 0.1) is 11.1 Å². The summed E-state index contributed by atoms with van der Waals surface area (Å²) in [4.78, 5) is 13.0. The molecule has 0 unspecified atom stereocenters. The Labute approximate surface area is 180 Å². The van der Waals surface area contributed by atoms with Crippen LogP contribution >= 0.6 is 34.8 Å². The fraction of sp³-hybridized carbons (Fsp3) is 0. The predicted octanol–water partition coefficient (Wildman–Crippen LogP) is 7.11. The third-order valence-corrected chi connectivity index (χ3v) is 4.77. The number of benzene rings is 3. The Morgan fingerprint density at radius 1 is 0.552 bits per heavy atom. The van der Waals surface area contributed by atoms with Gasteiger partial charge in [-0.3, -0.25) is 0 Å². The maximum absolute atomic E-state index is 14.5. The minimum atomic E-state index is -0.608. The van der Waals surface area contributed by atoms with Crippen LogP contribution in [-0.4, -0.2) is 15.0 Å². The van der Waals surface area contributed by atoms with Gasteiger partial charge in [0.25, 0.3) is 0 Å². The molecule has 0 aliphatic carbocycles. The van der Waals surface area contributed by atoms with E-state index >= 15 is 0 Å². The highest BCUT2D eigenvalue weighted by atomic mass is 35.5. The monoisotopic (exact) mass is 447 g/mol. The van der Waals surface area contributed by atoms with Gasteiger partial charge in [0.2, 0.25) is 0 Å². The molecule has 8 heteroatoms. The molecule has 144 valence electrons. The maximum Gasteiger partial charge on any atom is 0.167 e. The van der Waals surface area contributed by atoms with Crippen molar-refractivity contribution in [2.24, 2.45) is 0 Å². The Morgan fingerprint density at radius 2 is 1.03 bits per heavy atom. The van der Waals surface area contributed by atoms with Crippen LogP contribution in [0.15, 0.2) is 60.7 Å². The van der Waals surface area contributed by atoms with E-state index in [2.05, 4.69) is 15.0 Å². The average Bonchev–Trinajstić information content (AvgIpc) is 2.67. The summed E-state index contributed by atoms with van der Waals surface area (Å²) in [6.07, 6.45) is 0. The second-order valence-corrected chi connectivity index (χ2v) is 7.37. The van der Waals surface area contributed by atoms with E-state index in [9.17, 15) is 8.78 Å². The zero-order valence-electron chi connectivity index (χ0n) is 14.5. The summed E-state index contributed by atoms with van der Waals surface area (Å²) in [5.74, 6) is -0.926. The van der Waals surface area contributed by atoms with Crippen molar-refractivity contribution in [3.8, 4) is 34.2 Å². The lowest BCUT2D eigenvalue weighted by Gasteiger charge is -2.10. The maximum atomic E-state index is 14.5. The van der Waals surface area contributed by atoms with Crippen molar-refractivity contribution in [1.82, 2.24) is 15.0 Å². The highest BCUT2D eigenvalue weighted by molar-refractivity contribution is 6.31. The Bertz CT molecular complexity index is 1160. The first kappa shape index (κ1) is 19.7. The standard InChI is InChI=1S/C21H10Cl3F2N3/c22-12-3-1-2-11(8-12)19-27-20(15-6-4-13(23)9-17(15)25)29-21(28-19)16-7-5-14(24)10-18(16)26/h1-10H. The van der Waals surface area contributed by atoms with E-state index in [0.29, 0.717) is 10.6 Å². The average molecular weight is 449 g/mol. The number of hydrogen-bond acceptors (Lipinski definition) is 3. The van der Waals surface area contributed by atoms with Crippen molar-refractivity contribution in [1.29, 1.82) is 0 Å². The molecular formula is C21H10Cl3F2N3. The molecule has 1 heterocycles. The Morgan fingerprint density at radius 3 is 1.52 bits per heavy atom. The summed E-state index contributed by atoms with van der Waals surface area (Å²) in [5.41, 5.74) is 0.789. The van der Waals surface area contributed by atoms with Crippen molar-refractivity contribution in [3.05, 3.63) is 87.4 Å². The number of halogens is 5. The third kappa shape index (κ3) is 4.22. The molecule has 4 rings (SSSR count). The lowest BCUT2D eigenvalue weighted by Crippen LogP contribution is -2.02. The van der Waals surface area contributed by atoms with Crippen LogP contribution in [0, 0.1) is 11.6 Å². The summed E-state index contributed by atoms with van der Waals surface area (Å²) in [7, 11) is 0. The van der Waals surface area contributed by atoms with E-state index in [0.717, 1.165) is 12.1 Å². The summed E-state index contributed by atoms with van der Waals surface area (Å²) in [5, 5.41) is 0.944. The van der Waals surface area contributed by atoms with Crippen LogP contribution in [0.4, 0.5) is 8.78 Å². The summed E-state index contributed by atoms with van der Waals surface area (Å²) < 4.78 is 29.0. The smallest absolute Gasteiger partial charge is 0.167 e. The number of rotatable bonds is 3. The van der Waals surface area contributed by atoms with Crippen molar-refractivity contribution >= 4 is 34.8 Å². The molecule has 1 aromatic heterocycles. The molecule has 0 amide bonds. The van der Waals surface area contributed by atoms with Crippen LogP contribution in [-0.2, 0) is 0 Å². The van der Waals surface area contributed by atoms with Crippen molar-refractivity contribution < 1.29 is 8.78 Å². The minimum absolute atomic E-state index is 0.0356. The minimum Gasteiger partial charge on any atom is -0.208 e. The van der Waals surface area contributed by atoms with Gasteiger partial charge in [0.15, 0.2) is 17.5 Å². The fourth-order valence-corrected chi connectivity index (χ4v) is 3.22. The number of hydrogen-bond donors (Lipinski definition) is 0. The second kappa shape index (κ2) is 8.03. The van der Waals surface area contributed by atoms with Crippen LogP contribution in [0.25, 0.3) is 34.2 Å². The van der Waals surface area contributed by atoms with Gasteiger partial charge in [-0.25, -0.2) is 23.7 Å². The molecule has 0 radical (unpaired) electrons. The molecule has 4 aromatic rings. The molecule has 3 aromatic carbocycles. The Kier molecular flexibility index (Phi) is 5.46. The first-order valence-corrected chi connectivity index (χ1v) is 9.47. The van der Waals surface area contributed by atoms with Gasteiger partial charge in [-0.15, -0.1) is 0 Å². The number of nitrogens with zero attached hydrogens (tertiary/aromatic N) is 3. The lowest BCUT2D eigenvalue weighted by molar-refractivity contribution is 0.628. The molecule has 0 aliphatic heterocycles. The lowest BCUT2D eigenvalue weighted by atomic mass is 10.1. The van der Waals surface area contributed by atoms with Crippen LogP contribution in [0.1, 0.15) is 0 Å². The Balaban J connectivity index is 1.97. The Hall–Kier alpha value is -2.60. The van der Waals surface area contributed by atoms with Gasteiger partial charge in [-0.2, -0.15) is 0 Å². The largest absolute Gasteiger partial charge is 0.208 e. The van der Waals surface area contributed by atoms with Crippen LogP contribution in [0.5, 0.6) is 0 Å². The van der Waals surface area contributed by atoms with E-state index < -0.39 is 11.6 Å². The topological polar surface area (TPSA) is 38.7 Å². The van der Waals surface area contributed by atoms with Gasteiger partial charge in [-0.05, 0) is 48.5 Å². The molecule has 0 aliphatic rings. The SMILES string of the molecule is Fc1cc(Cl)ccc1-c1nc(-c2cccc(Cl)c2)nc(-c2ccc(Cl)cc2F)n1. The fourth-order valence-electron chi connectivity index (χ4n) is 2.72. The first-order chi connectivity index (χ1) is 13.9. The van der Waals surface area contributed by atoms with Crippen molar-refractivity contribution in [3.63, 3.8) is 0 Å². The van der Waals surface area contributed by atoms with E-state index in [1.165, 1.54) is 24.3 Å². The summed E-state index contributed by atoms with van der Waals surface area (Å²) >= 11 is 17.8. The van der Waals surface area contributed by atoms with Crippen LogP contribution in [0.3, 0.4) is 0 Å². The zero-order valence-corrected chi connectivity index (χ0v) is 16.8. The van der Waals surface area contributed by atoms with Crippen LogP contribution in [0.2, 0.25) is 15.1 Å². The van der Waals surface area contributed by atoms with Gasteiger partial charge < -0.3 is 0 Å². The molecule has 0 saturated carbocycles. The van der Waals surface area contributed by atoms with Gasteiger partial charge in [-0.1, -0.05) is 46.9 Å². The molecular weight excluding hydrogens is 439 g/mol. The predicted molar refractivity (Wildman–Crippen MR) is 111 cm³/mol. The van der Waals surface area contributed by atoms with Gasteiger partial charge >= 0.3 is 0 Å². The normalized spacial score (nSPS) is 10.9. The summed E-state index contributed by atoms with van der Waals surface area (Å²) in [6.45, 7) is 0. The molecule has 0 bridgehead atoms. The van der Waals surface area contributed by atoms with E-state index in [1.807, 2.05) is 0 Å². The second-order valence-electron chi connectivity index (χ2n) is 6.06. The number of aromatic nitrogens is 3. The summed E-state index contributed by atoms with van der Waals surface area (Å²) in [6, 6.07) is 15.1.